The van der Waals surface area contributed by atoms with E-state index in [-0.39, 0.29) is 42.4 Å². The van der Waals surface area contributed by atoms with Gasteiger partial charge in [-0.1, -0.05) is 18.2 Å². The molecular weight excluding hydrogens is 465 g/mol. The number of H-pyrrole nitrogens is 1. The third kappa shape index (κ3) is 7.43. The normalized spacial score (nSPS) is 13.9. The zero-order valence-corrected chi connectivity index (χ0v) is 20.0. The fraction of sp³-hybridized carbons (Fsp3) is 0.385. The van der Waals surface area contributed by atoms with E-state index in [1.807, 2.05) is 0 Å². The van der Waals surface area contributed by atoms with E-state index in [2.05, 4.69) is 25.4 Å². The highest BCUT2D eigenvalue weighted by molar-refractivity contribution is 5.76. The largest absolute Gasteiger partial charge is 0.489 e. The predicted molar refractivity (Wildman–Crippen MR) is 132 cm³/mol. The van der Waals surface area contributed by atoms with Crippen molar-refractivity contribution in [1.29, 1.82) is 0 Å². The Bertz CT molecular complexity index is 1200. The minimum atomic E-state index is -0.375. The average Bonchev–Trinajstić information content (AvgIpc) is 2.91. The molecule has 0 saturated carbocycles. The number of hydrogen-bond donors (Lipinski definition) is 2. The summed E-state index contributed by atoms with van der Waals surface area (Å²) in [6.45, 7) is 5.01. The van der Waals surface area contributed by atoms with Crippen molar-refractivity contribution in [3.05, 3.63) is 76.0 Å². The Balaban J connectivity index is 1.22. The van der Waals surface area contributed by atoms with Gasteiger partial charge in [0.15, 0.2) is 5.82 Å². The standard InChI is InChI=1S/C26H30FN5O4/c27-22-5-2-1-4-20(22)18-36-21-8-6-19(7-9-21)25-29-26(34)23(30-31-25)10-11-24(33)28-12-3-13-32-14-16-35-17-15-32/h1-2,4-9H,3,10-18H2,(H,28,33)(H,29,31,34). The number of aryl methyl sites for hydroxylation is 1. The number of carbonyl (C=O) groups is 1. The van der Waals surface area contributed by atoms with Crippen molar-refractivity contribution in [2.75, 3.05) is 39.4 Å². The Morgan fingerprint density at radius 1 is 1.11 bits per heavy atom. The smallest absolute Gasteiger partial charge is 0.273 e. The van der Waals surface area contributed by atoms with Crippen molar-refractivity contribution in [2.24, 2.45) is 0 Å². The fourth-order valence-electron chi connectivity index (χ4n) is 3.82. The topological polar surface area (TPSA) is 109 Å². The van der Waals surface area contributed by atoms with Crippen molar-refractivity contribution in [1.82, 2.24) is 25.4 Å². The summed E-state index contributed by atoms with van der Waals surface area (Å²) >= 11 is 0. The summed E-state index contributed by atoms with van der Waals surface area (Å²) < 4.78 is 24.7. The minimum Gasteiger partial charge on any atom is -0.489 e. The van der Waals surface area contributed by atoms with E-state index in [4.69, 9.17) is 9.47 Å². The number of carbonyl (C=O) groups excluding carboxylic acids is 1. The Hall–Kier alpha value is -3.63. The molecule has 0 atom stereocenters. The summed E-state index contributed by atoms with van der Waals surface area (Å²) in [6.07, 6.45) is 1.25. The van der Waals surface area contributed by atoms with Crippen LogP contribution in [0.25, 0.3) is 11.4 Å². The number of nitrogens with one attached hydrogen (secondary N) is 2. The first-order valence-electron chi connectivity index (χ1n) is 12.1. The number of ether oxygens (including phenoxy) is 2. The molecule has 10 heteroatoms. The van der Waals surface area contributed by atoms with Crippen molar-refractivity contribution in [3.63, 3.8) is 0 Å². The van der Waals surface area contributed by atoms with E-state index in [1.165, 1.54) is 6.07 Å². The van der Waals surface area contributed by atoms with Crippen LogP contribution in [0.15, 0.2) is 53.3 Å². The Morgan fingerprint density at radius 3 is 2.64 bits per heavy atom. The molecule has 0 aliphatic carbocycles. The second-order valence-electron chi connectivity index (χ2n) is 8.51. The van der Waals surface area contributed by atoms with E-state index in [9.17, 15) is 14.0 Å². The summed E-state index contributed by atoms with van der Waals surface area (Å²) in [5.74, 6) is 0.443. The second kappa shape index (κ2) is 12.9. The number of benzene rings is 2. The molecule has 0 unspecified atom stereocenters. The van der Waals surface area contributed by atoms with E-state index < -0.39 is 0 Å². The molecular formula is C26H30FN5O4. The van der Waals surface area contributed by atoms with Gasteiger partial charge in [0, 0.05) is 43.6 Å². The van der Waals surface area contributed by atoms with Gasteiger partial charge in [0.2, 0.25) is 5.91 Å². The molecule has 0 spiro atoms. The van der Waals surface area contributed by atoms with Gasteiger partial charge in [-0.2, -0.15) is 0 Å². The maximum absolute atomic E-state index is 13.7. The molecule has 1 fully saturated rings. The van der Waals surface area contributed by atoms with Gasteiger partial charge in [0.1, 0.15) is 23.9 Å². The number of rotatable bonds is 11. The summed E-state index contributed by atoms with van der Waals surface area (Å²) in [5.41, 5.74) is 0.962. The highest BCUT2D eigenvalue weighted by atomic mass is 19.1. The number of halogens is 1. The monoisotopic (exact) mass is 495 g/mol. The lowest BCUT2D eigenvalue weighted by atomic mass is 10.2. The van der Waals surface area contributed by atoms with Crippen molar-refractivity contribution in [3.8, 4) is 17.1 Å². The van der Waals surface area contributed by atoms with Crippen LogP contribution in [0.5, 0.6) is 5.75 Å². The van der Waals surface area contributed by atoms with E-state index in [0.717, 1.165) is 39.3 Å². The molecule has 9 nitrogen and oxygen atoms in total. The third-order valence-corrected chi connectivity index (χ3v) is 5.91. The highest BCUT2D eigenvalue weighted by Gasteiger charge is 2.12. The zero-order valence-electron chi connectivity index (χ0n) is 20.0. The quantitative estimate of drug-likeness (QED) is 0.393. The van der Waals surface area contributed by atoms with E-state index in [1.54, 1.807) is 42.5 Å². The molecule has 2 aromatic carbocycles. The zero-order chi connectivity index (χ0) is 25.2. The first kappa shape index (κ1) is 25.5. The van der Waals surface area contributed by atoms with Gasteiger partial charge >= 0.3 is 0 Å². The van der Waals surface area contributed by atoms with Crippen LogP contribution in [-0.2, 0) is 22.6 Å². The lowest BCUT2D eigenvalue weighted by molar-refractivity contribution is -0.121. The van der Waals surface area contributed by atoms with Crippen molar-refractivity contribution in [2.45, 2.75) is 25.9 Å². The highest BCUT2D eigenvalue weighted by Crippen LogP contribution is 2.20. The van der Waals surface area contributed by atoms with Crippen LogP contribution in [0.1, 0.15) is 24.1 Å². The van der Waals surface area contributed by atoms with Crippen LogP contribution in [-0.4, -0.2) is 65.4 Å². The molecule has 1 saturated heterocycles. The van der Waals surface area contributed by atoms with Crippen LogP contribution < -0.4 is 15.6 Å². The second-order valence-corrected chi connectivity index (χ2v) is 8.51. The first-order valence-corrected chi connectivity index (χ1v) is 12.1. The Morgan fingerprint density at radius 2 is 1.89 bits per heavy atom. The molecule has 2 heterocycles. The number of hydrogen-bond acceptors (Lipinski definition) is 7. The van der Waals surface area contributed by atoms with Crippen molar-refractivity contribution >= 4 is 5.91 Å². The number of morpholine rings is 1. The predicted octanol–water partition coefficient (Wildman–Crippen LogP) is 2.32. The summed E-state index contributed by atoms with van der Waals surface area (Å²) in [5, 5.41) is 11.0. The molecule has 36 heavy (non-hydrogen) atoms. The molecule has 1 aromatic heterocycles. The van der Waals surface area contributed by atoms with Crippen LogP contribution in [0.4, 0.5) is 4.39 Å². The molecule has 1 amide bonds. The number of aromatic amines is 1. The van der Waals surface area contributed by atoms with Gasteiger partial charge in [-0.05, 0) is 43.3 Å². The SMILES string of the molecule is O=C(CCc1nnc(-c2ccc(OCc3ccccc3F)cc2)[nH]c1=O)NCCCN1CCOCC1. The van der Waals surface area contributed by atoms with Gasteiger partial charge in [-0.15, -0.1) is 10.2 Å². The molecule has 1 aliphatic rings. The number of aromatic nitrogens is 3. The average molecular weight is 496 g/mol. The van der Waals surface area contributed by atoms with Crippen LogP contribution in [0, 0.1) is 5.82 Å². The maximum Gasteiger partial charge on any atom is 0.273 e. The molecule has 3 aromatic rings. The Kier molecular flexibility index (Phi) is 9.12. The molecule has 4 rings (SSSR count). The molecule has 1 aliphatic heterocycles. The van der Waals surface area contributed by atoms with Gasteiger partial charge in [0.05, 0.1) is 13.2 Å². The van der Waals surface area contributed by atoms with Gasteiger partial charge in [-0.3, -0.25) is 14.5 Å². The molecule has 0 bridgehead atoms. The molecule has 190 valence electrons. The lowest BCUT2D eigenvalue weighted by Crippen LogP contribution is -2.38. The number of nitrogens with zero attached hydrogens (tertiary/aromatic N) is 3. The van der Waals surface area contributed by atoms with Crippen LogP contribution in [0.3, 0.4) is 0 Å². The number of amides is 1. The van der Waals surface area contributed by atoms with Crippen LogP contribution in [0.2, 0.25) is 0 Å². The van der Waals surface area contributed by atoms with E-state index >= 15 is 0 Å². The van der Waals surface area contributed by atoms with Gasteiger partial charge in [-0.25, -0.2) is 4.39 Å². The molecule has 0 radical (unpaired) electrons. The lowest BCUT2D eigenvalue weighted by Gasteiger charge is -2.26. The summed E-state index contributed by atoms with van der Waals surface area (Å²) in [4.78, 5) is 29.6. The summed E-state index contributed by atoms with van der Waals surface area (Å²) in [7, 11) is 0. The van der Waals surface area contributed by atoms with Gasteiger partial charge < -0.3 is 19.8 Å². The first-order chi connectivity index (χ1) is 17.6. The van der Waals surface area contributed by atoms with Crippen LogP contribution >= 0.6 is 0 Å². The third-order valence-electron chi connectivity index (χ3n) is 5.91. The van der Waals surface area contributed by atoms with Gasteiger partial charge in [0.25, 0.3) is 5.56 Å². The van der Waals surface area contributed by atoms with E-state index in [0.29, 0.717) is 29.2 Å². The Labute approximate surface area is 208 Å². The summed E-state index contributed by atoms with van der Waals surface area (Å²) in [6, 6.07) is 13.3. The van der Waals surface area contributed by atoms with Crippen molar-refractivity contribution < 1.29 is 18.7 Å². The fourth-order valence-corrected chi connectivity index (χ4v) is 3.82. The minimum absolute atomic E-state index is 0.110. The molecule has 2 N–H and O–H groups in total. The maximum atomic E-state index is 13.7.